The van der Waals surface area contributed by atoms with E-state index in [-0.39, 0.29) is 6.10 Å². The van der Waals surface area contributed by atoms with Gasteiger partial charge < -0.3 is 9.47 Å². The molecule has 0 saturated carbocycles. The summed E-state index contributed by atoms with van der Waals surface area (Å²) in [5.41, 5.74) is 1.33. The molecule has 0 N–H and O–H groups in total. The van der Waals surface area contributed by atoms with Gasteiger partial charge in [-0.3, -0.25) is 0 Å². The Balaban J connectivity index is 2.21. The maximum atomic E-state index is 6.04. The van der Waals surface area contributed by atoms with Crippen molar-refractivity contribution in [3.8, 4) is 0 Å². The second-order valence-electron chi connectivity index (χ2n) is 5.38. The Bertz CT molecular complexity index is 372. The van der Waals surface area contributed by atoms with Crippen LogP contribution in [0.4, 0.5) is 0 Å². The van der Waals surface area contributed by atoms with Crippen molar-refractivity contribution in [2.24, 2.45) is 11.8 Å². The van der Waals surface area contributed by atoms with Gasteiger partial charge in [0.05, 0.1) is 0 Å². The van der Waals surface area contributed by atoms with Crippen molar-refractivity contribution >= 4 is 0 Å². The van der Waals surface area contributed by atoms with Gasteiger partial charge in [0.1, 0.15) is 12.7 Å². The van der Waals surface area contributed by atoms with Crippen molar-refractivity contribution in [3.05, 3.63) is 35.3 Å². The molecule has 94 valence electrons. The zero-order valence-corrected chi connectivity index (χ0v) is 11.2. The van der Waals surface area contributed by atoms with Gasteiger partial charge in [0, 0.05) is 0 Å². The zero-order chi connectivity index (χ0) is 12.4. The lowest BCUT2D eigenvalue weighted by molar-refractivity contribution is -0.0304. The number of allylic oxidation sites excluding steroid dienone is 4. The molecule has 2 rings (SSSR count). The summed E-state index contributed by atoms with van der Waals surface area (Å²) in [6.07, 6.45) is 7.60. The molecule has 0 aromatic carbocycles. The van der Waals surface area contributed by atoms with Crippen molar-refractivity contribution in [1.82, 2.24) is 0 Å². The maximum Gasteiger partial charge on any atom is 0.161 e. The van der Waals surface area contributed by atoms with Crippen LogP contribution in [0, 0.1) is 11.8 Å². The fourth-order valence-corrected chi connectivity index (χ4v) is 2.01. The molecule has 1 aliphatic heterocycles. The highest BCUT2D eigenvalue weighted by Crippen LogP contribution is 2.30. The Morgan fingerprint density at radius 3 is 2.53 bits per heavy atom. The van der Waals surface area contributed by atoms with Crippen LogP contribution in [0.2, 0.25) is 0 Å². The topological polar surface area (TPSA) is 18.5 Å². The number of hydrogen-bond donors (Lipinski definition) is 0. The minimum atomic E-state index is 0.171. The molecule has 1 heterocycles. The maximum absolute atomic E-state index is 6.04. The Labute approximate surface area is 104 Å². The Kier molecular flexibility index (Phi) is 3.60. The molecule has 0 radical (unpaired) electrons. The molecule has 0 spiro atoms. The fourth-order valence-electron chi connectivity index (χ4n) is 2.01. The summed E-state index contributed by atoms with van der Waals surface area (Å²) in [6, 6.07) is 0. The molecule has 0 amide bonds. The second kappa shape index (κ2) is 4.99. The lowest BCUT2D eigenvalue weighted by Crippen LogP contribution is -2.30. The Morgan fingerprint density at radius 1 is 1.12 bits per heavy atom. The van der Waals surface area contributed by atoms with E-state index in [1.54, 1.807) is 0 Å². The smallest absolute Gasteiger partial charge is 0.161 e. The van der Waals surface area contributed by atoms with Gasteiger partial charge in [-0.25, -0.2) is 0 Å². The van der Waals surface area contributed by atoms with Gasteiger partial charge in [-0.1, -0.05) is 33.8 Å². The first-order valence-electron chi connectivity index (χ1n) is 6.49. The minimum Gasteiger partial charge on any atom is -0.486 e. The summed E-state index contributed by atoms with van der Waals surface area (Å²) >= 11 is 0. The normalized spacial score (nSPS) is 24.1. The van der Waals surface area contributed by atoms with E-state index in [0.29, 0.717) is 18.4 Å². The van der Waals surface area contributed by atoms with E-state index in [1.807, 2.05) is 0 Å². The van der Waals surface area contributed by atoms with Crippen LogP contribution in [-0.2, 0) is 9.47 Å². The summed E-state index contributed by atoms with van der Waals surface area (Å²) in [7, 11) is 0. The molecular weight excluding hydrogens is 212 g/mol. The molecule has 1 aliphatic carbocycles. The molecule has 2 heteroatoms. The lowest BCUT2D eigenvalue weighted by atomic mass is 10.0. The summed E-state index contributed by atoms with van der Waals surface area (Å²) in [6.45, 7) is 9.41. The largest absolute Gasteiger partial charge is 0.486 e. The Hall–Kier alpha value is -1.18. The van der Waals surface area contributed by atoms with E-state index >= 15 is 0 Å². The summed E-state index contributed by atoms with van der Waals surface area (Å²) in [5.74, 6) is 2.83. The average Bonchev–Trinajstić information content (AvgIpc) is 2.49. The van der Waals surface area contributed by atoms with Gasteiger partial charge in [-0.05, 0) is 36.0 Å². The third-order valence-corrected chi connectivity index (χ3v) is 3.29. The molecule has 1 unspecified atom stereocenters. The van der Waals surface area contributed by atoms with Crippen LogP contribution in [0.15, 0.2) is 35.3 Å². The first kappa shape index (κ1) is 12.3. The third-order valence-electron chi connectivity index (χ3n) is 3.29. The van der Waals surface area contributed by atoms with Crippen molar-refractivity contribution in [1.29, 1.82) is 0 Å². The monoisotopic (exact) mass is 234 g/mol. The van der Waals surface area contributed by atoms with Crippen molar-refractivity contribution < 1.29 is 9.47 Å². The lowest BCUT2D eigenvalue weighted by Gasteiger charge is -2.30. The average molecular weight is 234 g/mol. The highest BCUT2D eigenvalue weighted by molar-refractivity contribution is 5.35. The van der Waals surface area contributed by atoms with E-state index in [4.69, 9.17) is 9.47 Å². The first-order chi connectivity index (χ1) is 8.08. The molecule has 0 aromatic rings. The summed E-state index contributed by atoms with van der Waals surface area (Å²) < 4.78 is 11.8. The van der Waals surface area contributed by atoms with E-state index in [1.165, 1.54) is 5.57 Å². The van der Waals surface area contributed by atoms with Crippen LogP contribution >= 0.6 is 0 Å². The SMILES string of the molecule is CC(C)C1=CCC=C2OCC(C(C)C)OC2=C1. The highest BCUT2D eigenvalue weighted by Gasteiger charge is 2.26. The molecule has 1 atom stereocenters. The molecule has 17 heavy (non-hydrogen) atoms. The van der Waals surface area contributed by atoms with E-state index in [0.717, 1.165) is 17.9 Å². The molecule has 1 fully saturated rings. The molecule has 2 aliphatic rings. The van der Waals surface area contributed by atoms with Crippen LogP contribution in [0.3, 0.4) is 0 Å². The van der Waals surface area contributed by atoms with Crippen LogP contribution in [-0.4, -0.2) is 12.7 Å². The molecule has 2 nitrogen and oxygen atoms in total. The predicted octanol–water partition coefficient (Wildman–Crippen LogP) is 3.81. The quantitative estimate of drug-likeness (QED) is 0.723. The van der Waals surface area contributed by atoms with Crippen LogP contribution in [0.5, 0.6) is 0 Å². The number of rotatable bonds is 2. The van der Waals surface area contributed by atoms with E-state index < -0.39 is 0 Å². The molecular formula is C15H22O2. The molecule has 0 bridgehead atoms. The first-order valence-corrected chi connectivity index (χ1v) is 6.49. The second-order valence-corrected chi connectivity index (χ2v) is 5.38. The summed E-state index contributed by atoms with van der Waals surface area (Å²) in [4.78, 5) is 0. The highest BCUT2D eigenvalue weighted by atomic mass is 16.6. The van der Waals surface area contributed by atoms with E-state index in [2.05, 4.69) is 45.9 Å². The number of hydrogen-bond acceptors (Lipinski definition) is 2. The van der Waals surface area contributed by atoms with Gasteiger partial charge in [0.25, 0.3) is 0 Å². The van der Waals surface area contributed by atoms with Crippen LogP contribution in [0.1, 0.15) is 34.1 Å². The number of ether oxygens (including phenoxy) is 2. The van der Waals surface area contributed by atoms with Gasteiger partial charge in [0.15, 0.2) is 11.5 Å². The standard InChI is InChI=1S/C15H22O2/c1-10(2)12-6-5-7-13-14(8-12)17-15(9-16-13)11(3)4/h6-8,10-11,15H,5,9H2,1-4H3. The predicted molar refractivity (Wildman–Crippen MR) is 69.4 cm³/mol. The number of fused-ring (bicyclic) bond motifs is 1. The fraction of sp³-hybridized carbons (Fsp3) is 0.600. The van der Waals surface area contributed by atoms with Crippen molar-refractivity contribution in [2.75, 3.05) is 6.61 Å². The third kappa shape index (κ3) is 2.74. The van der Waals surface area contributed by atoms with Gasteiger partial charge in [0.2, 0.25) is 0 Å². The van der Waals surface area contributed by atoms with Crippen LogP contribution < -0.4 is 0 Å². The van der Waals surface area contributed by atoms with Crippen molar-refractivity contribution in [3.63, 3.8) is 0 Å². The zero-order valence-electron chi connectivity index (χ0n) is 11.2. The van der Waals surface area contributed by atoms with Gasteiger partial charge in [-0.2, -0.15) is 0 Å². The van der Waals surface area contributed by atoms with Gasteiger partial charge in [-0.15, -0.1) is 0 Å². The summed E-state index contributed by atoms with van der Waals surface area (Å²) in [5, 5.41) is 0. The van der Waals surface area contributed by atoms with E-state index in [9.17, 15) is 0 Å². The van der Waals surface area contributed by atoms with Gasteiger partial charge >= 0.3 is 0 Å². The van der Waals surface area contributed by atoms with Crippen molar-refractivity contribution in [2.45, 2.75) is 40.2 Å². The molecule has 1 saturated heterocycles. The minimum absolute atomic E-state index is 0.171. The molecule has 0 aromatic heterocycles. The Morgan fingerprint density at radius 2 is 1.88 bits per heavy atom. The van der Waals surface area contributed by atoms with Crippen LogP contribution in [0.25, 0.3) is 0 Å².